The predicted octanol–water partition coefficient (Wildman–Crippen LogP) is 3.63. The lowest BCUT2D eigenvalue weighted by Gasteiger charge is -2.17. The number of non-ortho nitro benzene ring substituents is 1. The first-order valence-corrected chi connectivity index (χ1v) is 5.74. The minimum absolute atomic E-state index is 0.169. The Morgan fingerprint density at radius 1 is 1.40 bits per heavy atom. The van der Waals surface area contributed by atoms with Crippen molar-refractivity contribution in [1.82, 2.24) is 0 Å². The minimum Gasteiger partial charge on any atom is -0.258 e. The third-order valence-corrected chi connectivity index (χ3v) is 3.14. The van der Waals surface area contributed by atoms with Crippen LogP contribution in [0.25, 0.3) is 0 Å². The highest BCUT2D eigenvalue weighted by atomic mass is 32.2. The van der Waals surface area contributed by atoms with Crippen molar-refractivity contribution in [1.29, 1.82) is 0 Å². The monoisotopic (exact) mass is 225 g/mol. The van der Waals surface area contributed by atoms with Crippen molar-refractivity contribution in [2.75, 3.05) is 0 Å². The minimum atomic E-state index is -0.356. The van der Waals surface area contributed by atoms with Gasteiger partial charge in [-0.15, -0.1) is 0 Å². The smallest absolute Gasteiger partial charge is 0.258 e. The fraction of sp³-hybridized carbons (Fsp3) is 0.455. The molecule has 0 unspecified atom stereocenters. The van der Waals surface area contributed by atoms with E-state index in [9.17, 15) is 10.1 Å². The van der Waals surface area contributed by atoms with Crippen molar-refractivity contribution in [2.45, 2.75) is 31.3 Å². The van der Waals surface area contributed by atoms with E-state index in [1.165, 1.54) is 6.07 Å². The van der Waals surface area contributed by atoms with E-state index in [1.54, 1.807) is 23.9 Å². The quantitative estimate of drug-likeness (QED) is 0.582. The maximum absolute atomic E-state index is 10.6. The summed E-state index contributed by atoms with van der Waals surface area (Å²) in [5.41, 5.74) is 1.17. The van der Waals surface area contributed by atoms with Crippen LogP contribution in [0.1, 0.15) is 26.3 Å². The highest BCUT2D eigenvalue weighted by Gasteiger charge is 2.12. The second-order valence-corrected chi connectivity index (χ2v) is 6.13. The van der Waals surface area contributed by atoms with Crippen LogP contribution in [-0.2, 0) is 5.75 Å². The van der Waals surface area contributed by atoms with Crippen LogP contribution < -0.4 is 0 Å². The fourth-order valence-electron chi connectivity index (χ4n) is 1.06. The molecule has 0 aliphatic carbocycles. The number of hydrogen-bond acceptors (Lipinski definition) is 3. The average Bonchev–Trinajstić information content (AvgIpc) is 2.14. The van der Waals surface area contributed by atoms with Crippen molar-refractivity contribution >= 4 is 17.4 Å². The lowest BCUT2D eigenvalue weighted by molar-refractivity contribution is -0.384. The van der Waals surface area contributed by atoms with Crippen LogP contribution in [0.4, 0.5) is 5.69 Å². The zero-order valence-electron chi connectivity index (χ0n) is 9.19. The highest BCUT2D eigenvalue weighted by Crippen LogP contribution is 2.28. The van der Waals surface area contributed by atoms with Crippen molar-refractivity contribution in [3.8, 4) is 0 Å². The van der Waals surface area contributed by atoms with Crippen LogP contribution in [-0.4, -0.2) is 9.67 Å². The lowest BCUT2D eigenvalue weighted by atomic mass is 10.2. The van der Waals surface area contributed by atoms with Crippen LogP contribution in [0, 0.1) is 10.1 Å². The molecule has 0 aromatic heterocycles. The molecule has 0 N–H and O–H groups in total. The standard InChI is InChI=1S/C11H15NO2S/c1-11(2,3)15-8-9-5-4-6-10(7-9)12(13)14/h4-7H,8H2,1-3H3. The van der Waals surface area contributed by atoms with Gasteiger partial charge in [0, 0.05) is 22.6 Å². The Balaban J connectivity index is 2.70. The Morgan fingerprint density at radius 2 is 2.07 bits per heavy atom. The van der Waals surface area contributed by atoms with Crippen molar-refractivity contribution in [3.63, 3.8) is 0 Å². The van der Waals surface area contributed by atoms with E-state index in [0.29, 0.717) is 0 Å². The van der Waals surface area contributed by atoms with E-state index in [4.69, 9.17) is 0 Å². The van der Waals surface area contributed by atoms with Gasteiger partial charge in [-0.3, -0.25) is 10.1 Å². The van der Waals surface area contributed by atoms with Gasteiger partial charge in [0.2, 0.25) is 0 Å². The molecule has 0 spiro atoms. The molecule has 15 heavy (non-hydrogen) atoms. The molecule has 0 atom stereocenters. The van der Waals surface area contributed by atoms with Crippen molar-refractivity contribution < 1.29 is 4.92 Å². The highest BCUT2D eigenvalue weighted by molar-refractivity contribution is 7.99. The van der Waals surface area contributed by atoms with Gasteiger partial charge >= 0.3 is 0 Å². The Labute approximate surface area is 94.0 Å². The van der Waals surface area contributed by atoms with E-state index >= 15 is 0 Å². The summed E-state index contributed by atoms with van der Waals surface area (Å²) in [5, 5.41) is 10.6. The Kier molecular flexibility index (Phi) is 3.74. The SMILES string of the molecule is CC(C)(C)SCc1cccc([N+](=O)[O-])c1. The summed E-state index contributed by atoms with van der Waals surface area (Å²) < 4.78 is 0.185. The van der Waals surface area contributed by atoms with E-state index in [1.807, 2.05) is 6.07 Å². The second-order valence-electron chi connectivity index (χ2n) is 4.33. The van der Waals surface area contributed by atoms with E-state index in [2.05, 4.69) is 20.8 Å². The number of benzene rings is 1. The van der Waals surface area contributed by atoms with Gasteiger partial charge in [-0.2, -0.15) is 11.8 Å². The lowest BCUT2D eigenvalue weighted by Crippen LogP contribution is -2.07. The number of nitro benzene ring substituents is 1. The molecule has 0 amide bonds. The van der Waals surface area contributed by atoms with Crippen LogP contribution >= 0.6 is 11.8 Å². The van der Waals surface area contributed by atoms with E-state index in [-0.39, 0.29) is 15.4 Å². The molecule has 1 rings (SSSR count). The molecule has 0 aliphatic rings. The third-order valence-electron chi connectivity index (χ3n) is 1.79. The van der Waals surface area contributed by atoms with Gasteiger partial charge in [0.25, 0.3) is 5.69 Å². The molecule has 0 saturated heterocycles. The molecule has 0 bridgehead atoms. The van der Waals surface area contributed by atoms with Gasteiger partial charge in [0.05, 0.1) is 4.92 Å². The largest absolute Gasteiger partial charge is 0.269 e. The molecule has 3 nitrogen and oxygen atoms in total. The van der Waals surface area contributed by atoms with Gasteiger partial charge in [-0.05, 0) is 5.56 Å². The summed E-state index contributed by atoms with van der Waals surface area (Å²) in [6, 6.07) is 6.81. The van der Waals surface area contributed by atoms with Crippen LogP contribution in [0.5, 0.6) is 0 Å². The Morgan fingerprint density at radius 3 is 2.60 bits per heavy atom. The second kappa shape index (κ2) is 4.66. The molecule has 4 heteroatoms. The molecule has 0 aliphatic heterocycles. The molecule has 0 heterocycles. The van der Waals surface area contributed by atoms with Crippen molar-refractivity contribution in [2.24, 2.45) is 0 Å². The number of rotatable bonds is 3. The van der Waals surface area contributed by atoms with Gasteiger partial charge in [0.1, 0.15) is 0 Å². The molecule has 1 aromatic carbocycles. The molecule has 0 saturated carbocycles. The Bertz CT molecular complexity index is 358. The van der Waals surface area contributed by atoms with Crippen LogP contribution in [0.2, 0.25) is 0 Å². The molecule has 0 fully saturated rings. The average molecular weight is 225 g/mol. The first-order chi connectivity index (χ1) is 6.88. The van der Waals surface area contributed by atoms with E-state index < -0.39 is 0 Å². The van der Waals surface area contributed by atoms with Gasteiger partial charge in [-0.25, -0.2) is 0 Å². The summed E-state index contributed by atoms with van der Waals surface area (Å²) in [6.07, 6.45) is 0. The number of nitrogens with zero attached hydrogens (tertiary/aromatic N) is 1. The summed E-state index contributed by atoms with van der Waals surface area (Å²) in [6.45, 7) is 6.40. The molecule has 82 valence electrons. The zero-order valence-corrected chi connectivity index (χ0v) is 10.0. The maximum Gasteiger partial charge on any atom is 0.269 e. The first kappa shape index (κ1) is 12.0. The summed E-state index contributed by atoms with van der Waals surface area (Å²) in [7, 11) is 0. The van der Waals surface area contributed by atoms with E-state index in [0.717, 1.165) is 11.3 Å². The summed E-state index contributed by atoms with van der Waals surface area (Å²) in [4.78, 5) is 10.2. The fourth-order valence-corrected chi connectivity index (χ4v) is 1.84. The molecule has 1 aromatic rings. The predicted molar refractivity (Wildman–Crippen MR) is 64.1 cm³/mol. The van der Waals surface area contributed by atoms with Gasteiger partial charge in [0.15, 0.2) is 0 Å². The molecular formula is C11H15NO2S. The third kappa shape index (κ3) is 4.34. The topological polar surface area (TPSA) is 43.1 Å². The number of thioether (sulfide) groups is 1. The van der Waals surface area contributed by atoms with Crippen LogP contribution in [0.15, 0.2) is 24.3 Å². The van der Waals surface area contributed by atoms with Crippen LogP contribution in [0.3, 0.4) is 0 Å². The normalized spacial score (nSPS) is 11.4. The summed E-state index contributed by atoms with van der Waals surface area (Å²) in [5.74, 6) is 0.811. The zero-order chi connectivity index (χ0) is 11.5. The molecular weight excluding hydrogens is 210 g/mol. The number of nitro groups is 1. The molecule has 0 radical (unpaired) electrons. The number of hydrogen-bond donors (Lipinski definition) is 0. The summed E-state index contributed by atoms with van der Waals surface area (Å²) >= 11 is 1.78. The van der Waals surface area contributed by atoms with Gasteiger partial charge < -0.3 is 0 Å². The maximum atomic E-state index is 10.6. The van der Waals surface area contributed by atoms with Gasteiger partial charge in [-0.1, -0.05) is 32.9 Å². The first-order valence-electron chi connectivity index (χ1n) is 4.76. The van der Waals surface area contributed by atoms with Crippen molar-refractivity contribution in [3.05, 3.63) is 39.9 Å². The Hall–Kier alpha value is -1.03.